The Hall–Kier alpha value is -2.15. The van der Waals surface area contributed by atoms with E-state index in [-0.39, 0.29) is 28.9 Å². The normalized spacial score (nSPS) is 25.6. The molecule has 0 spiro atoms. The highest BCUT2D eigenvalue weighted by Gasteiger charge is 2.47. The van der Waals surface area contributed by atoms with E-state index in [1.165, 1.54) is 10.9 Å². The quantitative estimate of drug-likeness (QED) is 0.339. The second-order valence-corrected chi connectivity index (χ2v) is 7.59. The summed E-state index contributed by atoms with van der Waals surface area (Å²) < 4.78 is 23.4. The fraction of sp³-hybridized carbons (Fsp3) is 0.600. The second-order valence-electron chi connectivity index (χ2n) is 6.83. The Morgan fingerprint density at radius 2 is 2.17 bits per heavy atom. The van der Waals surface area contributed by atoms with E-state index in [1.807, 2.05) is 0 Å². The summed E-state index contributed by atoms with van der Waals surface area (Å²) in [7, 11) is -3.41. The summed E-state index contributed by atoms with van der Waals surface area (Å²) in [6.07, 6.45) is -1.86. The van der Waals surface area contributed by atoms with E-state index in [0.717, 1.165) is 0 Å². The average molecular weight is 431 g/mol. The standard InChI is InChI=1S/C15H22N5O8P/c1-6(2)12(23)18-15-17-11-9(13(24)19-15)16-5-20(11)14-10(28-29(25)26)7(3-21)8(4-22)27-14/h5-8,10,14,21-22,29H,3-4H2,1-2H3,(H,25,26)(H2,17,18,19,23,24). The van der Waals surface area contributed by atoms with E-state index in [2.05, 4.69) is 20.3 Å². The molecule has 13 nitrogen and oxygen atoms in total. The molecule has 0 radical (unpaired) electrons. The summed E-state index contributed by atoms with van der Waals surface area (Å²) in [6, 6.07) is 0. The molecule has 0 bridgehead atoms. The third-order valence-corrected chi connectivity index (χ3v) is 5.07. The van der Waals surface area contributed by atoms with Crippen molar-refractivity contribution < 1.29 is 33.7 Å². The third kappa shape index (κ3) is 4.25. The van der Waals surface area contributed by atoms with Gasteiger partial charge >= 0.3 is 8.25 Å². The summed E-state index contributed by atoms with van der Waals surface area (Å²) in [5, 5.41) is 21.6. The van der Waals surface area contributed by atoms with Gasteiger partial charge in [0.2, 0.25) is 11.9 Å². The van der Waals surface area contributed by atoms with Crippen LogP contribution < -0.4 is 10.9 Å². The Morgan fingerprint density at radius 3 is 2.76 bits per heavy atom. The number of anilines is 1. The maximum absolute atomic E-state index is 12.3. The SMILES string of the molecule is CC(C)C(=O)Nc1nc2c(ncn2C2OC(CO)C(CO)C2O[PH](=O)O)c(=O)[nH]1. The molecule has 3 rings (SSSR count). The molecular formula is C15H22N5O8P. The van der Waals surface area contributed by atoms with Gasteiger partial charge in [-0.1, -0.05) is 13.8 Å². The minimum Gasteiger partial charge on any atom is -0.396 e. The van der Waals surface area contributed by atoms with Crippen LogP contribution in [0.5, 0.6) is 0 Å². The first-order chi connectivity index (χ1) is 13.8. The van der Waals surface area contributed by atoms with Crippen molar-refractivity contribution >= 4 is 31.3 Å². The molecule has 0 aromatic carbocycles. The topological polar surface area (TPSA) is 189 Å². The van der Waals surface area contributed by atoms with Gasteiger partial charge in [-0.2, -0.15) is 4.98 Å². The highest BCUT2D eigenvalue weighted by Crippen LogP contribution is 2.40. The molecule has 1 aliphatic rings. The van der Waals surface area contributed by atoms with E-state index in [9.17, 15) is 29.3 Å². The van der Waals surface area contributed by atoms with Crippen LogP contribution in [0, 0.1) is 11.8 Å². The molecule has 5 atom stereocenters. The largest absolute Gasteiger partial charge is 0.396 e. The van der Waals surface area contributed by atoms with Crippen molar-refractivity contribution in [3.8, 4) is 0 Å². The highest BCUT2D eigenvalue weighted by molar-refractivity contribution is 7.32. The smallest absolute Gasteiger partial charge is 0.317 e. The van der Waals surface area contributed by atoms with Crippen molar-refractivity contribution in [2.45, 2.75) is 32.3 Å². The molecule has 29 heavy (non-hydrogen) atoms. The van der Waals surface area contributed by atoms with E-state index in [0.29, 0.717) is 0 Å². The number of aromatic amines is 1. The number of carbonyl (C=O) groups is 1. The number of amides is 1. The van der Waals surface area contributed by atoms with Gasteiger partial charge in [0.15, 0.2) is 17.4 Å². The third-order valence-electron chi connectivity index (χ3n) is 4.59. The van der Waals surface area contributed by atoms with Crippen molar-refractivity contribution in [1.29, 1.82) is 0 Å². The fourth-order valence-corrected chi connectivity index (χ4v) is 3.62. The molecular weight excluding hydrogens is 409 g/mol. The van der Waals surface area contributed by atoms with Gasteiger partial charge in [-0.15, -0.1) is 0 Å². The number of aromatic nitrogens is 4. The number of ether oxygens (including phenoxy) is 1. The second kappa shape index (κ2) is 8.69. The number of rotatable bonds is 7. The summed E-state index contributed by atoms with van der Waals surface area (Å²) in [4.78, 5) is 44.1. The number of aliphatic hydroxyl groups is 2. The zero-order valence-electron chi connectivity index (χ0n) is 15.6. The lowest BCUT2D eigenvalue weighted by atomic mass is 9.99. The van der Waals surface area contributed by atoms with E-state index in [1.54, 1.807) is 13.8 Å². The van der Waals surface area contributed by atoms with Gasteiger partial charge in [0.25, 0.3) is 5.56 Å². The number of aliphatic hydroxyl groups excluding tert-OH is 2. The molecule has 0 saturated carbocycles. The van der Waals surface area contributed by atoms with Crippen molar-refractivity contribution in [2.75, 3.05) is 18.5 Å². The number of carbonyl (C=O) groups excluding carboxylic acids is 1. The molecule has 1 aliphatic heterocycles. The molecule has 5 unspecified atom stereocenters. The lowest BCUT2D eigenvalue weighted by molar-refractivity contribution is -0.118. The Labute approximate surface area is 164 Å². The minimum absolute atomic E-state index is 0.0271. The lowest BCUT2D eigenvalue weighted by Crippen LogP contribution is -2.32. The van der Waals surface area contributed by atoms with Crippen LogP contribution in [0.1, 0.15) is 20.1 Å². The first kappa shape index (κ1) is 21.6. The Balaban J connectivity index is 2.05. The first-order valence-corrected chi connectivity index (χ1v) is 10.1. The first-order valence-electron chi connectivity index (χ1n) is 8.81. The predicted octanol–water partition coefficient (Wildman–Crippen LogP) is -1.02. The van der Waals surface area contributed by atoms with Crippen molar-refractivity contribution in [2.24, 2.45) is 11.8 Å². The van der Waals surface area contributed by atoms with Crippen molar-refractivity contribution in [3.05, 3.63) is 16.7 Å². The van der Waals surface area contributed by atoms with E-state index >= 15 is 0 Å². The number of H-pyrrole nitrogens is 1. The number of hydrogen-bond acceptors (Lipinski definition) is 9. The van der Waals surface area contributed by atoms with Crippen LogP contribution in [0.15, 0.2) is 11.1 Å². The minimum atomic E-state index is -3.41. The summed E-state index contributed by atoms with van der Waals surface area (Å²) in [5.41, 5.74) is -0.643. The molecule has 2 aromatic heterocycles. The molecule has 0 aliphatic carbocycles. The molecule has 1 amide bonds. The highest BCUT2D eigenvalue weighted by atomic mass is 31.1. The van der Waals surface area contributed by atoms with Crippen LogP contribution in [0.3, 0.4) is 0 Å². The van der Waals surface area contributed by atoms with Gasteiger partial charge in [-0.3, -0.25) is 29.0 Å². The number of fused-ring (bicyclic) bond motifs is 1. The molecule has 3 heterocycles. The zero-order chi connectivity index (χ0) is 21.3. The molecule has 160 valence electrons. The van der Waals surface area contributed by atoms with Crippen molar-refractivity contribution in [3.63, 3.8) is 0 Å². The van der Waals surface area contributed by atoms with Gasteiger partial charge in [-0.25, -0.2) is 4.98 Å². The van der Waals surface area contributed by atoms with Crippen LogP contribution >= 0.6 is 8.25 Å². The lowest BCUT2D eigenvalue weighted by Gasteiger charge is -2.22. The maximum Gasteiger partial charge on any atom is 0.317 e. The molecule has 5 N–H and O–H groups in total. The number of hydrogen-bond donors (Lipinski definition) is 5. The number of imidazole rings is 1. The van der Waals surface area contributed by atoms with Gasteiger partial charge < -0.3 is 24.4 Å². The van der Waals surface area contributed by atoms with Gasteiger partial charge in [0.1, 0.15) is 6.10 Å². The van der Waals surface area contributed by atoms with Crippen LogP contribution in [0.2, 0.25) is 0 Å². The van der Waals surface area contributed by atoms with Crippen LogP contribution in [-0.4, -0.2) is 66.0 Å². The Morgan fingerprint density at radius 1 is 1.45 bits per heavy atom. The zero-order valence-corrected chi connectivity index (χ0v) is 16.6. The Kier molecular flexibility index (Phi) is 6.46. The molecule has 1 saturated heterocycles. The molecule has 14 heteroatoms. The van der Waals surface area contributed by atoms with Gasteiger partial charge in [0.05, 0.1) is 25.6 Å². The monoisotopic (exact) mass is 431 g/mol. The number of nitrogens with zero attached hydrogens (tertiary/aromatic N) is 3. The summed E-state index contributed by atoms with van der Waals surface area (Å²) >= 11 is 0. The fourth-order valence-electron chi connectivity index (χ4n) is 3.10. The molecule has 1 fully saturated rings. The van der Waals surface area contributed by atoms with Crippen molar-refractivity contribution in [1.82, 2.24) is 19.5 Å². The number of nitrogens with one attached hydrogen (secondary N) is 2. The van der Waals surface area contributed by atoms with Gasteiger partial charge in [0, 0.05) is 11.8 Å². The summed E-state index contributed by atoms with van der Waals surface area (Å²) in [5.74, 6) is -1.62. The van der Waals surface area contributed by atoms with E-state index < -0.39 is 51.4 Å². The predicted molar refractivity (Wildman–Crippen MR) is 99.3 cm³/mol. The summed E-state index contributed by atoms with van der Waals surface area (Å²) in [6.45, 7) is 2.40. The van der Waals surface area contributed by atoms with E-state index in [4.69, 9.17) is 9.26 Å². The van der Waals surface area contributed by atoms with Crippen LogP contribution in [0.25, 0.3) is 11.2 Å². The van der Waals surface area contributed by atoms with Gasteiger partial charge in [-0.05, 0) is 0 Å². The molecule has 2 aromatic rings. The van der Waals surface area contributed by atoms with Crippen LogP contribution in [0.4, 0.5) is 5.95 Å². The average Bonchev–Trinajstić information content (AvgIpc) is 3.22. The Bertz CT molecular complexity index is 975. The van der Waals surface area contributed by atoms with Crippen LogP contribution in [-0.2, 0) is 18.6 Å². The maximum atomic E-state index is 12.3.